The smallest absolute Gasteiger partial charge is 0.123 e. The molecule has 4 nitrogen and oxygen atoms in total. The molecule has 0 radical (unpaired) electrons. The van der Waals surface area contributed by atoms with E-state index in [2.05, 4.69) is 15.7 Å². The fourth-order valence-electron chi connectivity index (χ4n) is 1.24. The van der Waals surface area contributed by atoms with Crippen molar-refractivity contribution in [2.45, 2.75) is 0 Å². The molecule has 0 unspecified atom stereocenters. The number of hydrazone groups is 1. The van der Waals surface area contributed by atoms with Gasteiger partial charge in [0.25, 0.3) is 0 Å². The molecule has 19 heavy (non-hydrogen) atoms. The standard InChI is InChI=1S/C13H12FN3OS/c14-11-3-5-12(6-4-11)15-7-8-18-17-16-10-13-2-1-9-19-13/h1-7,9-10,17H,8H2/b15-7?,16-10+. The van der Waals surface area contributed by atoms with Gasteiger partial charge in [-0.2, -0.15) is 10.7 Å². The summed E-state index contributed by atoms with van der Waals surface area (Å²) in [6.07, 6.45) is 3.24. The largest absolute Gasteiger partial charge is 0.259 e. The molecular formula is C13H12FN3OS. The highest BCUT2D eigenvalue weighted by Gasteiger charge is 1.89. The lowest BCUT2D eigenvalue weighted by Crippen LogP contribution is -2.08. The molecule has 6 heteroatoms. The minimum Gasteiger partial charge on any atom is -0.259 e. The van der Waals surface area contributed by atoms with Gasteiger partial charge < -0.3 is 0 Å². The fourth-order valence-corrected chi connectivity index (χ4v) is 1.82. The lowest BCUT2D eigenvalue weighted by atomic mass is 10.3. The van der Waals surface area contributed by atoms with E-state index in [-0.39, 0.29) is 12.4 Å². The van der Waals surface area contributed by atoms with Gasteiger partial charge in [-0.3, -0.25) is 9.83 Å². The van der Waals surface area contributed by atoms with E-state index in [0.29, 0.717) is 5.69 Å². The van der Waals surface area contributed by atoms with Crippen molar-refractivity contribution in [1.82, 2.24) is 5.59 Å². The fraction of sp³-hybridized carbons (Fsp3) is 0.0769. The third kappa shape index (κ3) is 4.99. The van der Waals surface area contributed by atoms with E-state index in [9.17, 15) is 4.39 Å². The predicted octanol–water partition coefficient (Wildman–Crippen LogP) is 3.14. The third-order valence-corrected chi connectivity index (χ3v) is 2.88. The Labute approximate surface area is 114 Å². The second-order valence-electron chi connectivity index (χ2n) is 3.46. The zero-order chi connectivity index (χ0) is 13.3. The normalized spacial score (nSPS) is 11.4. The number of hydrogen-bond acceptors (Lipinski definition) is 5. The Hall–Kier alpha value is -2.05. The first kappa shape index (κ1) is 13.4. The molecule has 2 rings (SSSR count). The van der Waals surface area contributed by atoms with Crippen molar-refractivity contribution < 1.29 is 9.23 Å². The van der Waals surface area contributed by atoms with Gasteiger partial charge in [-0.05, 0) is 35.7 Å². The van der Waals surface area contributed by atoms with Crippen LogP contribution >= 0.6 is 11.3 Å². The summed E-state index contributed by atoms with van der Waals surface area (Å²) in [4.78, 5) is 10.1. The number of hydrogen-bond donors (Lipinski definition) is 1. The maximum atomic E-state index is 12.6. The van der Waals surface area contributed by atoms with Crippen molar-refractivity contribution in [3.63, 3.8) is 0 Å². The quantitative estimate of drug-likeness (QED) is 0.501. The van der Waals surface area contributed by atoms with Gasteiger partial charge in [-0.1, -0.05) is 6.07 Å². The van der Waals surface area contributed by atoms with Gasteiger partial charge >= 0.3 is 0 Å². The monoisotopic (exact) mass is 277 g/mol. The SMILES string of the molecule is Fc1ccc(N=CCON/N=C/c2cccs2)cc1. The summed E-state index contributed by atoms with van der Waals surface area (Å²) >= 11 is 1.59. The van der Waals surface area contributed by atoms with Crippen LogP contribution in [0.2, 0.25) is 0 Å². The van der Waals surface area contributed by atoms with E-state index in [0.717, 1.165) is 4.88 Å². The van der Waals surface area contributed by atoms with Crippen LogP contribution in [-0.4, -0.2) is 19.0 Å². The number of thiophene rings is 1. The van der Waals surface area contributed by atoms with E-state index < -0.39 is 0 Å². The first-order chi connectivity index (χ1) is 9.34. The van der Waals surface area contributed by atoms with Gasteiger partial charge in [0, 0.05) is 11.1 Å². The van der Waals surface area contributed by atoms with Crippen LogP contribution in [0.15, 0.2) is 51.9 Å². The van der Waals surface area contributed by atoms with Crippen molar-refractivity contribution >= 4 is 29.5 Å². The van der Waals surface area contributed by atoms with Gasteiger partial charge in [0.05, 0.1) is 11.9 Å². The first-order valence-electron chi connectivity index (χ1n) is 5.56. The predicted molar refractivity (Wildman–Crippen MR) is 75.6 cm³/mol. The third-order valence-electron chi connectivity index (χ3n) is 2.08. The molecule has 0 bridgehead atoms. The van der Waals surface area contributed by atoms with E-state index in [1.165, 1.54) is 12.1 Å². The van der Waals surface area contributed by atoms with Crippen molar-refractivity contribution in [1.29, 1.82) is 0 Å². The molecule has 0 aliphatic carbocycles. The first-order valence-corrected chi connectivity index (χ1v) is 6.44. The molecule has 0 aliphatic rings. The number of aliphatic imine (C=N–C) groups is 1. The number of halogens is 1. The highest BCUT2D eigenvalue weighted by molar-refractivity contribution is 7.11. The highest BCUT2D eigenvalue weighted by atomic mass is 32.1. The molecule has 1 N–H and O–H groups in total. The lowest BCUT2D eigenvalue weighted by Gasteiger charge is -1.96. The Morgan fingerprint density at radius 3 is 2.84 bits per heavy atom. The average molecular weight is 277 g/mol. The zero-order valence-corrected chi connectivity index (χ0v) is 10.8. The molecule has 0 atom stereocenters. The Bertz CT molecular complexity index is 538. The molecule has 0 spiro atoms. The molecule has 0 fully saturated rings. The van der Waals surface area contributed by atoms with E-state index >= 15 is 0 Å². The lowest BCUT2D eigenvalue weighted by molar-refractivity contribution is 0.0750. The second-order valence-corrected chi connectivity index (χ2v) is 4.44. The van der Waals surface area contributed by atoms with Gasteiger partial charge in [0.2, 0.25) is 0 Å². The zero-order valence-electron chi connectivity index (χ0n) is 9.99. The van der Waals surface area contributed by atoms with Crippen LogP contribution in [0.3, 0.4) is 0 Å². The van der Waals surface area contributed by atoms with Crippen LogP contribution in [0.4, 0.5) is 10.1 Å². The Morgan fingerprint density at radius 2 is 2.11 bits per heavy atom. The maximum Gasteiger partial charge on any atom is 0.123 e. The van der Waals surface area contributed by atoms with Crippen molar-refractivity contribution in [2.75, 3.05) is 6.61 Å². The average Bonchev–Trinajstić information content (AvgIpc) is 2.93. The molecule has 0 saturated carbocycles. The van der Waals surface area contributed by atoms with Crippen LogP contribution < -0.4 is 5.59 Å². The van der Waals surface area contributed by atoms with E-state index in [1.54, 1.807) is 35.9 Å². The number of rotatable bonds is 6. The van der Waals surface area contributed by atoms with Crippen molar-refractivity contribution in [3.8, 4) is 0 Å². The molecule has 1 heterocycles. The number of benzene rings is 1. The Kier molecular flexibility index (Phi) is 5.21. The van der Waals surface area contributed by atoms with Crippen molar-refractivity contribution in [3.05, 3.63) is 52.5 Å². The van der Waals surface area contributed by atoms with E-state index in [4.69, 9.17) is 4.84 Å². The van der Waals surface area contributed by atoms with Crippen LogP contribution in [0.5, 0.6) is 0 Å². The number of nitrogens with zero attached hydrogens (tertiary/aromatic N) is 2. The summed E-state index contributed by atoms with van der Waals surface area (Å²) in [6, 6.07) is 9.80. The molecule has 1 aromatic carbocycles. The minimum absolute atomic E-state index is 0.263. The van der Waals surface area contributed by atoms with Crippen LogP contribution in [0.1, 0.15) is 4.88 Å². The van der Waals surface area contributed by atoms with Gasteiger partial charge in [-0.25, -0.2) is 4.39 Å². The molecule has 98 valence electrons. The Morgan fingerprint density at radius 1 is 1.26 bits per heavy atom. The van der Waals surface area contributed by atoms with Crippen molar-refractivity contribution in [2.24, 2.45) is 10.1 Å². The molecule has 0 amide bonds. The summed E-state index contributed by atoms with van der Waals surface area (Å²) in [5.41, 5.74) is 3.12. The molecule has 0 saturated heterocycles. The van der Waals surface area contributed by atoms with Gasteiger partial charge in [0.1, 0.15) is 12.4 Å². The topological polar surface area (TPSA) is 46.0 Å². The summed E-state index contributed by atoms with van der Waals surface area (Å²) in [5, 5.41) is 5.84. The Balaban J connectivity index is 1.65. The summed E-state index contributed by atoms with van der Waals surface area (Å²) in [6.45, 7) is 0.263. The number of nitrogens with one attached hydrogen (secondary N) is 1. The van der Waals surface area contributed by atoms with Gasteiger partial charge in [0.15, 0.2) is 0 Å². The summed E-state index contributed by atoms with van der Waals surface area (Å²) in [7, 11) is 0. The summed E-state index contributed by atoms with van der Waals surface area (Å²) in [5.74, 6) is -0.278. The van der Waals surface area contributed by atoms with Crippen LogP contribution in [-0.2, 0) is 4.84 Å². The highest BCUT2D eigenvalue weighted by Crippen LogP contribution is 2.10. The summed E-state index contributed by atoms with van der Waals surface area (Å²) < 4.78 is 12.6. The molecular weight excluding hydrogens is 265 g/mol. The van der Waals surface area contributed by atoms with Gasteiger partial charge in [-0.15, -0.1) is 11.3 Å². The van der Waals surface area contributed by atoms with E-state index in [1.807, 2.05) is 17.5 Å². The molecule has 0 aliphatic heterocycles. The molecule has 2 aromatic rings. The molecule has 1 aromatic heterocycles. The van der Waals surface area contributed by atoms with Crippen LogP contribution in [0, 0.1) is 5.82 Å². The second kappa shape index (κ2) is 7.40. The van der Waals surface area contributed by atoms with Crippen LogP contribution in [0.25, 0.3) is 0 Å². The maximum absolute atomic E-state index is 12.6. The minimum atomic E-state index is -0.278.